The van der Waals surface area contributed by atoms with Crippen molar-refractivity contribution in [3.8, 4) is 17.2 Å². The number of piperidine rings is 1. The van der Waals surface area contributed by atoms with Crippen molar-refractivity contribution in [1.82, 2.24) is 14.8 Å². The highest BCUT2D eigenvalue weighted by Crippen LogP contribution is 2.65. The number of phenolic OH excluding ortho intramolecular Hbond substituents is 1. The average molecular weight is 781 g/mol. The standard InChI is InChI=1S/C47H48N4O7/c1-28-14-16-32(17-15-28)48-51-44(54)37-26-36-34(41(30-24-38(57-2)42(52)39(25-30)58-3)47(37,46(51)56)31-12-8-5-9-13-31)18-19-35-40(36)45(55)50(43(35)53)33-20-22-49(23-21-33)27-29-10-6-4-7-11-29/h4-18,24-25,33,35-37,40-41,48,52H,19-23,26-27H2,1-3H3. The van der Waals surface area contributed by atoms with Crippen molar-refractivity contribution < 1.29 is 33.8 Å². The maximum Gasteiger partial charge on any atom is 0.260 e. The van der Waals surface area contributed by atoms with Gasteiger partial charge < -0.3 is 14.6 Å². The van der Waals surface area contributed by atoms with E-state index >= 15 is 9.59 Å². The smallest absolute Gasteiger partial charge is 0.260 e. The van der Waals surface area contributed by atoms with E-state index < -0.39 is 46.8 Å². The van der Waals surface area contributed by atoms with Gasteiger partial charge in [-0.05, 0) is 79.5 Å². The van der Waals surface area contributed by atoms with E-state index in [4.69, 9.17) is 9.47 Å². The van der Waals surface area contributed by atoms with Gasteiger partial charge in [-0.15, -0.1) is 0 Å². The minimum absolute atomic E-state index is 0.146. The molecule has 4 amide bonds. The molecule has 298 valence electrons. The number of phenols is 1. The normalized spacial score (nSPS) is 27.2. The van der Waals surface area contributed by atoms with Crippen molar-refractivity contribution in [3.05, 3.63) is 131 Å². The van der Waals surface area contributed by atoms with Gasteiger partial charge in [0.25, 0.3) is 11.8 Å². The van der Waals surface area contributed by atoms with Crippen molar-refractivity contribution in [2.45, 2.75) is 56.5 Å². The third-order valence-corrected chi connectivity index (χ3v) is 13.4. The monoisotopic (exact) mass is 780 g/mol. The number of ether oxygens (including phenoxy) is 2. The maximum absolute atomic E-state index is 15.5. The highest BCUT2D eigenvalue weighted by Gasteiger charge is 2.70. The summed E-state index contributed by atoms with van der Waals surface area (Å²) in [4.78, 5) is 63.8. The Labute approximate surface area is 338 Å². The molecule has 5 aliphatic rings. The lowest BCUT2D eigenvalue weighted by Gasteiger charge is -2.50. The van der Waals surface area contributed by atoms with Crippen molar-refractivity contribution >= 4 is 29.3 Å². The van der Waals surface area contributed by atoms with E-state index in [1.54, 1.807) is 17.0 Å². The summed E-state index contributed by atoms with van der Waals surface area (Å²) in [6.07, 6.45) is 3.96. The third kappa shape index (κ3) is 5.89. The number of likely N-dealkylation sites (tertiary alicyclic amines) is 2. The second-order valence-corrected chi connectivity index (χ2v) is 16.4. The Kier molecular flexibility index (Phi) is 9.59. The van der Waals surface area contributed by atoms with Gasteiger partial charge in [0.15, 0.2) is 11.5 Å². The van der Waals surface area contributed by atoms with E-state index in [1.165, 1.54) is 19.8 Å². The molecule has 9 rings (SSSR count). The van der Waals surface area contributed by atoms with Gasteiger partial charge in [-0.3, -0.25) is 34.4 Å². The summed E-state index contributed by atoms with van der Waals surface area (Å²) in [5, 5.41) is 12.2. The molecule has 6 atom stereocenters. The number of carbonyl (C=O) groups excluding carboxylic acids is 4. The number of allylic oxidation sites excluding steroid dienone is 2. The number of benzene rings is 4. The molecule has 0 bridgehead atoms. The van der Waals surface area contributed by atoms with Crippen LogP contribution in [0.1, 0.15) is 53.9 Å². The van der Waals surface area contributed by atoms with Gasteiger partial charge in [0.05, 0.1) is 43.1 Å². The second kappa shape index (κ2) is 14.8. The fourth-order valence-electron chi connectivity index (χ4n) is 10.8. The first kappa shape index (κ1) is 37.6. The topological polar surface area (TPSA) is 129 Å². The molecule has 3 heterocycles. The van der Waals surface area contributed by atoms with Crippen LogP contribution in [-0.4, -0.2) is 76.9 Å². The van der Waals surface area contributed by atoms with Gasteiger partial charge >= 0.3 is 0 Å². The van der Waals surface area contributed by atoms with Crippen LogP contribution in [0.15, 0.2) is 109 Å². The van der Waals surface area contributed by atoms with E-state index in [0.717, 1.165) is 35.8 Å². The third-order valence-electron chi connectivity index (χ3n) is 13.4. The summed E-state index contributed by atoms with van der Waals surface area (Å²) in [7, 11) is 2.90. The minimum Gasteiger partial charge on any atom is -0.502 e. The second-order valence-electron chi connectivity index (χ2n) is 16.4. The van der Waals surface area contributed by atoms with Crippen molar-refractivity contribution in [3.63, 3.8) is 0 Å². The van der Waals surface area contributed by atoms with Gasteiger partial charge in [-0.2, -0.15) is 5.01 Å². The van der Waals surface area contributed by atoms with Crippen LogP contribution in [0.4, 0.5) is 5.69 Å². The number of hydrazine groups is 1. The highest BCUT2D eigenvalue weighted by atomic mass is 16.5. The van der Waals surface area contributed by atoms with Crippen molar-refractivity contribution in [1.29, 1.82) is 0 Å². The molecule has 2 N–H and O–H groups in total. The van der Waals surface area contributed by atoms with Crippen LogP contribution in [0.2, 0.25) is 0 Å². The fourth-order valence-corrected chi connectivity index (χ4v) is 10.8. The summed E-state index contributed by atoms with van der Waals surface area (Å²) in [6.45, 7) is 4.33. The number of anilines is 1. The molecule has 0 spiro atoms. The molecule has 4 aromatic rings. The first-order valence-electron chi connectivity index (χ1n) is 20.2. The number of nitrogens with zero attached hydrogens (tertiary/aromatic N) is 3. The van der Waals surface area contributed by atoms with Crippen LogP contribution in [0, 0.1) is 30.6 Å². The van der Waals surface area contributed by atoms with E-state index in [9.17, 15) is 14.7 Å². The number of nitrogens with one attached hydrogen (secondary N) is 1. The van der Waals surface area contributed by atoms with Gasteiger partial charge in [0.1, 0.15) is 0 Å². The fraction of sp³-hybridized carbons (Fsp3) is 0.362. The molecule has 4 aromatic carbocycles. The van der Waals surface area contributed by atoms with Crippen LogP contribution >= 0.6 is 0 Å². The molecule has 4 fully saturated rings. The summed E-state index contributed by atoms with van der Waals surface area (Å²) in [5.74, 6) is -4.52. The molecular formula is C47H48N4O7. The van der Waals surface area contributed by atoms with Crippen LogP contribution < -0.4 is 14.9 Å². The number of aromatic hydroxyl groups is 1. The van der Waals surface area contributed by atoms with Gasteiger partial charge in [-0.25, -0.2) is 0 Å². The molecule has 3 aliphatic heterocycles. The summed E-state index contributed by atoms with van der Waals surface area (Å²) in [5.41, 5.74) is 6.60. The number of rotatable bonds is 9. The number of amides is 4. The highest BCUT2D eigenvalue weighted by molar-refractivity contribution is 6.13. The molecule has 0 radical (unpaired) electrons. The number of methoxy groups -OCH3 is 2. The van der Waals surface area contributed by atoms with E-state index in [0.29, 0.717) is 36.1 Å². The Morgan fingerprint density at radius 3 is 2.07 bits per heavy atom. The van der Waals surface area contributed by atoms with Crippen molar-refractivity contribution in [2.24, 2.45) is 23.7 Å². The first-order chi connectivity index (χ1) is 28.1. The largest absolute Gasteiger partial charge is 0.502 e. The Balaban J connectivity index is 1.13. The summed E-state index contributed by atoms with van der Waals surface area (Å²) >= 11 is 0. The molecule has 1 saturated carbocycles. The number of imide groups is 2. The average Bonchev–Trinajstić information content (AvgIpc) is 3.63. The zero-order valence-corrected chi connectivity index (χ0v) is 33.0. The molecule has 6 unspecified atom stereocenters. The predicted octanol–water partition coefficient (Wildman–Crippen LogP) is 6.37. The lowest BCUT2D eigenvalue weighted by atomic mass is 9.49. The molecule has 3 saturated heterocycles. The number of hydrogen-bond donors (Lipinski definition) is 2. The first-order valence-corrected chi connectivity index (χ1v) is 20.2. The van der Waals surface area contributed by atoms with Gasteiger partial charge in [0, 0.05) is 31.6 Å². The Morgan fingerprint density at radius 2 is 1.43 bits per heavy atom. The maximum atomic E-state index is 15.5. The van der Waals surface area contributed by atoms with E-state index in [1.807, 2.05) is 85.8 Å². The van der Waals surface area contributed by atoms with E-state index in [2.05, 4.69) is 22.5 Å². The minimum atomic E-state index is -1.46. The molecule has 11 heteroatoms. The Hall–Kier alpha value is -5.94. The van der Waals surface area contributed by atoms with Crippen LogP contribution in [0.25, 0.3) is 0 Å². The lowest BCUT2D eigenvalue weighted by Crippen LogP contribution is -2.53. The van der Waals surface area contributed by atoms with Crippen LogP contribution in [-0.2, 0) is 31.1 Å². The van der Waals surface area contributed by atoms with Crippen molar-refractivity contribution in [2.75, 3.05) is 32.7 Å². The number of hydrogen-bond acceptors (Lipinski definition) is 9. The lowest BCUT2D eigenvalue weighted by molar-refractivity contribution is -0.144. The number of aryl methyl sites for hydroxylation is 1. The molecule has 11 nitrogen and oxygen atoms in total. The quantitative estimate of drug-likeness (QED) is 0.147. The zero-order chi connectivity index (χ0) is 40.3. The number of fused-ring (bicyclic) bond motifs is 4. The van der Waals surface area contributed by atoms with Gasteiger partial charge in [0.2, 0.25) is 17.6 Å². The summed E-state index contributed by atoms with van der Waals surface area (Å²) in [6, 6.07) is 30.4. The van der Waals surface area contributed by atoms with Crippen LogP contribution in [0.3, 0.4) is 0 Å². The summed E-state index contributed by atoms with van der Waals surface area (Å²) < 4.78 is 11.3. The van der Waals surface area contributed by atoms with E-state index in [-0.39, 0.29) is 41.5 Å². The molecular weight excluding hydrogens is 733 g/mol. The number of carbonyl (C=O) groups is 4. The Bertz CT molecular complexity index is 2260. The predicted molar refractivity (Wildman–Crippen MR) is 217 cm³/mol. The zero-order valence-electron chi connectivity index (χ0n) is 33.0. The van der Waals surface area contributed by atoms with Crippen LogP contribution in [0.5, 0.6) is 17.2 Å². The van der Waals surface area contributed by atoms with Gasteiger partial charge in [-0.1, -0.05) is 90.0 Å². The molecule has 0 aromatic heterocycles. The Morgan fingerprint density at radius 1 is 0.793 bits per heavy atom. The molecule has 2 aliphatic carbocycles. The molecule has 58 heavy (non-hydrogen) atoms. The SMILES string of the molecule is COc1cc(C2C3=CCC4C(=O)N(C5CCN(Cc6ccccc6)CC5)C(=O)C4C3CC3C(=O)N(Nc4ccc(C)cc4)C(=O)C32c2ccccc2)cc(OC)c1O.